The molecule has 0 aliphatic carbocycles. The minimum Gasteiger partial charge on any atom is -0.508 e. The molecule has 0 saturated carbocycles. The highest BCUT2D eigenvalue weighted by Crippen LogP contribution is 2.28. The summed E-state index contributed by atoms with van der Waals surface area (Å²) in [5, 5.41) is 13.0. The first-order valence-electron chi connectivity index (χ1n) is 6.66. The van der Waals surface area contributed by atoms with Crippen molar-refractivity contribution >= 4 is 28.1 Å². The van der Waals surface area contributed by atoms with Crippen molar-refractivity contribution in [3.8, 4) is 17.2 Å². The van der Waals surface area contributed by atoms with E-state index < -0.39 is 0 Å². The van der Waals surface area contributed by atoms with Crippen LogP contribution in [-0.4, -0.2) is 30.9 Å². The Labute approximate surface area is 141 Å². The van der Waals surface area contributed by atoms with Gasteiger partial charge in [-0.3, -0.25) is 4.79 Å². The zero-order chi connectivity index (χ0) is 16.7. The van der Waals surface area contributed by atoms with Gasteiger partial charge in [0.05, 0.1) is 17.8 Å². The number of benzene rings is 2. The number of hydrogen-bond donors (Lipinski definition) is 2. The Morgan fingerprint density at radius 2 is 2.04 bits per heavy atom. The molecule has 0 saturated heterocycles. The molecule has 23 heavy (non-hydrogen) atoms. The van der Waals surface area contributed by atoms with Crippen molar-refractivity contribution in [1.29, 1.82) is 0 Å². The van der Waals surface area contributed by atoms with E-state index >= 15 is 0 Å². The molecule has 0 heterocycles. The summed E-state index contributed by atoms with van der Waals surface area (Å²) in [6, 6.07) is 11.6. The van der Waals surface area contributed by atoms with Gasteiger partial charge in [-0.1, -0.05) is 0 Å². The predicted octanol–water partition coefficient (Wildman–Crippen LogP) is 2.69. The summed E-state index contributed by atoms with van der Waals surface area (Å²) < 4.78 is 11.2. The Morgan fingerprint density at radius 1 is 1.30 bits per heavy atom. The van der Waals surface area contributed by atoms with E-state index in [0.29, 0.717) is 16.0 Å². The molecule has 0 fully saturated rings. The zero-order valence-corrected chi connectivity index (χ0v) is 13.9. The third kappa shape index (κ3) is 5.30. The Hall–Kier alpha value is -2.54. The molecule has 0 spiro atoms. The van der Waals surface area contributed by atoms with Gasteiger partial charge in [-0.05, 0) is 64.0 Å². The van der Waals surface area contributed by atoms with Crippen LogP contribution in [0.3, 0.4) is 0 Å². The van der Waals surface area contributed by atoms with E-state index in [1.807, 2.05) is 0 Å². The molecule has 0 bridgehead atoms. The number of phenolic OH excluding ortho intramolecular Hbond substituents is 1. The second kappa shape index (κ2) is 8.19. The van der Waals surface area contributed by atoms with Gasteiger partial charge in [0, 0.05) is 0 Å². The van der Waals surface area contributed by atoms with Gasteiger partial charge in [0.25, 0.3) is 5.91 Å². The third-order valence-corrected chi connectivity index (χ3v) is 3.41. The van der Waals surface area contributed by atoms with Gasteiger partial charge in [-0.25, -0.2) is 5.43 Å². The highest BCUT2D eigenvalue weighted by Gasteiger charge is 2.06. The van der Waals surface area contributed by atoms with Crippen LogP contribution in [0.5, 0.6) is 17.2 Å². The Morgan fingerprint density at radius 3 is 2.70 bits per heavy atom. The van der Waals surface area contributed by atoms with Gasteiger partial charge in [0.1, 0.15) is 17.2 Å². The van der Waals surface area contributed by atoms with Crippen LogP contribution in [0, 0.1) is 0 Å². The van der Waals surface area contributed by atoms with Gasteiger partial charge < -0.3 is 14.6 Å². The average molecular weight is 379 g/mol. The second-order valence-corrected chi connectivity index (χ2v) is 5.32. The second-order valence-electron chi connectivity index (χ2n) is 4.47. The molecule has 7 heteroatoms. The van der Waals surface area contributed by atoms with E-state index in [2.05, 4.69) is 26.5 Å². The summed E-state index contributed by atoms with van der Waals surface area (Å²) in [4.78, 5) is 11.7. The van der Waals surface area contributed by atoms with E-state index in [-0.39, 0.29) is 18.3 Å². The normalized spacial score (nSPS) is 10.5. The van der Waals surface area contributed by atoms with Crippen LogP contribution in [0.15, 0.2) is 52.0 Å². The number of ether oxygens (including phenoxy) is 2. The van der Waals surface area contributed by atoms with Crippen molar-refractivity contribution in [2.45, 2.75) is 0 Å². The summed E-state index contributed by atoms with van der Waals surface area (Å²) in [6.07, 6.45) is 1.47. The molecule has 2 N–H and O–H groups in total. The molecule has 2 aromatic rings. The smallest absolute Gasteiger partial charge is 0.277 e. The average Bonchev–Trinajstić information content (AvgIpc) is 2.55. The van der Waals surface area contributed by atoms with Crippen molar-refractivity contribution < 1.29 is 19.4 Å². The summed E-state index contributed by atoms with van der Waals surface area (Å²) >= 11 is 3.34. The summed E-state index contributed by atoms with van der Waals surface area (Å²) in [5.41, 5.74) is 3.11. The predicted molar refractivity (Wildman–Crippen MR) is 90.0 cm³/mol. The van der Waals surface area contributed by atoms with Gasteiger partial charge in [0.15, 0.2) is 6.61 Å². The first kappa shape index (κ1) is 16.8. The molecule has 120 valence electrons. The number of aromatic hydroxyl groups is 1. The van der Waals surface area contributed by atoms with E-state index in [1.54, 1.807) is 37.4 Å². The molecule has 0 aliphatic heterocycles. The Bertz CT molecular complexity index is 702. The van der Waals surface area contributed by atoms with Crippen molar-refractivity contribution in [3.05, 3.63) is 52.5 Å². The maximum Gasteiger partial charge on any atom is 0.277 e. The minimum absolute atomic E-state index is 0.169. The van der Waals surface area contributed by atoms with Crippen LogP contribution in [0.4, 0.5) is 0 Å². The van der Waals surface area contributed by atoms with Gasteiger partial charge in [0.2, 0.25) is 0 Å². The lowest BCUT2D eigenvalue weighted by Crippen LogP contribution is -2.24. The first-order chi connectivity index (χ1) is 11.1. The molecular weight excluding hydrogens is 364 g/mol. The maximum atomic E-state index is 11.7. The number of hydrogen-bond acceptors (Lipinski definition) is 5. The lowest BCUT2D eigenvalue weighted by atomic mass is 10.2. The van der Waals surface area contributed by atoms with Gasteiger partial charge in [-0.15, -0.1) is 0 Å². The number of carbonyl (C=O) groups excluding carboxylic acids is 1. The molecule has 0 atom stereocenters. The summed E-state index contributed by atoms with van der Waals surface area (Å²) in [5.74, 6) is 1.00. The number of nitrogens with one attached hydrogen (secondary N) is 1. The number of methoxy groups -OCH3 is 1. The number of phenols is 1. The van der Waals surface area contributed by atoms with E-state index in [9.17, 15) is 4.79 Å². The van der Waals surface area contributed by atoms with Crippen LogP contribution >= 0.6 is 15.9 Å². The van der Waals surface area contributed by atoms with Crippen molar-refractivity contribution in [1.82, 2.24) is 5.43 Å². The minimum atomic E-state index is -0.386. The van der Waals surface area contributed by atoms with Crippen LogP contribution in [0.1, 0.15) is 5.56 Å². The summed E-state index contributed by atoms with van der Waals surface area (Å²) in [7, 11) is 1.57. The largest absolute Gasteiger partial charge is 0.508 e. The van der Waals surface area contributed by atoms with Crippen LogP contribution in [0.25, 0.3) is 0 Å². The molecule has 6 nitrogen and oxygen atoms in total. The molecule has 0 aliphatic rings. The lowest BCUT2D eigenvalue weighted by Gasteiger charge is -2.08. The van der Waals surface area contributed by atoms with Gasteiger partial charge >= 0.3 is 0 Å². The fourth-order valence-electron chi connectivity index (χ4n) is 1.64. The number of carbonyl (C=O) groups is 1. The Balaban J connectivity index is 1.82. The number of hydrazone groups is 1. The molecule has 0 aromatic heterocycles. The van der Waals surface area contributed by atoms with Crippen molar-refractivity contribution in [2.75, 3.05) is 13.7 Å². The highest BCUT2D eigenvalue weighted by atomic mass is 79.9. The topological polar surface area (TPSA) is 80.2 Å². The van der Waals surface area contributed by atoms with Crippen molar-refractivity contribution in [2.24, 2.45) is 5.10 Å². The number of nitrogens with zero attached hydrogens (tertiary/aromatic N) is 1. The standard InChI is InChI=1S/C16H15BrN2O4/c1-22-13-6-7-15(14(17)8-13)23-10-16(21)19-18-9-11-2-4-12(20)5-3-11/h2-9,20H,10H2,1H3,(H,19,21)/b18-9+. The van der Waals surface area contributed by atoms with E-state index in [0.717, 1.165) is 5.56 Å². The third-order valence-electron chi connectivity index (χ3n) is 2.79. The zero-order valence-electron chi connectivity index (χ0n) is 12.3. The number of rotatable bonds is 6. The van der Waals surface area contributed by atoms with Gasteiger partial charge in [-0.2, -0.15) is 5.10 Å². The van der Waals surface area contributed by atoms with Crippen molar-refractivity contribution in [3.63, 3.8) is 0 Å². The fourth-order valence-corrected chi connectivity index (χ4v) is 2.11. The molecule has 2 rings (SSSR count). The number of halogens is 1. The molecule has 2 aromatic carbocycles. The quantitative estimate of drug-likeness (QED) is 0.598. The monoisotopic (exact) mass is 378 g/mol. The maximum absolute atomic E-state index is 11.7. The molecule has 1 amide bonds. The number of amides is 1. The fraction of sp³-hybridized carbons (Fsp3) is 0.125. The molecular formula is C16H15BrN2O4. The Kier molecular flexibility index (Phi) is 5.99. The molecule has 0 unspecified atom stereocenters. The van der Waals surface area contributed by atoms with E-state index in [4.69, 9.17) is 14.6 Å². The lowest BCUT2D eigenvalue weighted by molar-refractivity contribution is -0.123. The van der Waals surface area contributed by atoms with Crippen LogP contribution in [-0.2, 0) is 4.79 Å². The highest BCUT2D eigenvalue weighted by molar-refractivity contribution is 9.10. The summed E-state index contributed by atoms with van der Waals surface area (Å²) in [6.45, 7) is -0.169. The van der Waals surface area contributed by atoms with Crippen LogP contribution < -0.4 is 14.9 Å². The first-order valence-corrected chi connectivity index (χ1v) is 7.45. The van der Waals surface area contributed by atoms with Crippen LogP contribution in [0.2, 0.25) is 0 Å². The van der Waals surface area contributed by atoms with E-state index in [1.165, 1.54) is 18.3 Å². The molecule has 0 radical (unpaired) electrons. The SMILES string of the molecule is COc1ccc(OCC(=O)N/N=C/c2ccc(O)cc2)c(Br)c1.